The van der Waals surface area contributed by atoms with Crippen LogP contribution in [0.1, 0.15) is 16.1 Å². The van der Waals surface area contributed by atoms with Gasteiger partial charge in [0.2, 0.25) is 0 Å². The van der Waals surface area contributed by atoms with Gasteiger partial charge in [0.15, 0.2) is 0 Å². The molecule has 2 N–H and O–H groups in total. The third-order valence-electron chi connectivity index (χ3n) is 4.08. The zero-order valence-corrected chi connectivity index (χ0v) is 15.2. The first-order valence-corrected chi connectivity index (χ1v) is 8.48. The Balaban J connectivity index is 2.26. The predicted molar refractivity (Wildman–Crippen MR) is 109 cm³/mol. The standard InChI is InChI=1S/C22H18FN3O2/c1-3-14(9-10-24-2)19-20(16-11-17(22(27)28)13-18(23)12-16)26-21(25-19)15-7-5-4-6-8-15/h3-13H,1H2,2H3,(H,25,26)(H,27,28)/b14-9+,24-10?. The van der Waals surface area contributed by atoms with Gasteiger partial charge in [-0.25, -0.2) is 14.2 Å². The number of aromatic amines is 1. The van der Waals surface area contributed by atoms with Crippen LogP contribution in [0.25, 0.3) is 28.2 Å². The summed E-state index contributed by atoms with van der Waals surface area (Å²) >= 11 is 0. The molecular formula is C22H18FN3O2. The van der Waals surface area contributed by atoms with Crippen molar-refractivity contribution in [3.8, 4) is 22.6 Å². The number of H-pyrrole nitrogens is 1. The van der Waals surface area contributed by atoms with Crippen molar-refractivity contribution in [2.24, 2.45) is 4.99 Å². The molecule has 0 atom stereocenters. The molecule has 0 amide bonds. The van der Waals surface area contributed by atoms with E-state index in [4.69, 9.17) is 0 Å². The van der Waals surface area contributed by atoms with Gasteiger partial charge in [-0.05, 0) is 24.3 Å². The number of carboxylic acids is 1. The zero-order valence-electron chi connectivity index (χ0n) is 15.2. The van der Waals surface area contributed by atoms with Crippen molar-refractivity contribution in [3.05, 3.63) is 84.3 Å². The first-order valence-electron chi connectivity index (χ1n) is 8.48. The van der Waals surface area contributed by atoms with E-state index in [9.17, 15) is 14.3 Å². The number of nitrogens with zero attached hydrogens (tertiary/aromatic N) is 2. The number of carboxylic acid groups (broad SMARTS) is 1. The molecule has 0 bridgehead atoms. The SMILES string of the molecule is C=C/C(=C\C=NC)c1[nH]c(-c2ccccc2)nc1-c1cc(F)cc(C(=O)O)c1. The highest BCUT2D eigenvalue weighted by atomic mass is 19.1. The number of halogens is 1. The molecule has 2 aromatic carbocycles. The van der Waals surface area contributed by atoms with Gasteiger partial charge in [-0.15, -0.1) is 0 Å². The Morgan fingerprint density at radius 3 is 2.61 bits per heavy atom. The van der Waals surface area contributed by atoms with Crippen LogP contribution in [0.15, 0.2) is 72.3 Å². The Bertz CT molecular complexity index is 1080. The summed E-state index contributed by atoms with van der Waals surface area (Å²) in [5.74, 6) is -1.28. The molecule has 0 aliphatic heterocycles. The molecule has 1 aromatic heterocycles. The summed E-state index contributed by atoms with van der Waals surface area (Å²) in [4.78, 5) is 23.1. The van der Waals surface area contributed by atoms with Crippen molar-refractivity contribution in [1.29, 1.82) is 0 Å². The molecule has 5 nitrogen and oxygen atoms in total. The van der Waals surface area contributed by atoms with E-state index in [1.807, 2.05) is 30.3 Å². The summed E-state index contributed by atoms with van der Waals surface area (Å²) in [5.41, 5.74) is 2.76. The van der Waals surface area contributed by atoms with Gasteiger partial charge in [-0.1, -0.05) is 43.0 Å². The van der Waals surface area contributed by atoms with Crippen LogP contribution in [-0.4, -0.2) is 34.3 Å². The average Bonchev–Trinajstić information content (AvgIpc) is 3.14. The first-order chi connectivity index (χ1) is 13.5. The molecule has 3 rings (SSSR count). The Morgan fingerprint density at radius 1 is 1.21 bits per heavy atom. The van der Waals surface area contributed by atoms with Crippen LogP contribution in [0.4, 0.5) is 4.39 Å². The molecule has 0 saturated heterocycles. The van der Waals surface area contributed by atoms with Gasteiger partial charge in [0.25, 0.3) is 0 Å². The van der Waals surface area contributed by atoms with Crippen molar-refractivity contribution in [3.63, 3.8) is 0 Å². The lowest BCUT2D eigenvalue weighted by Gasteiger charge is -2.05. The number of aromatic carboxylic acids is 1. The third kappa shape index (κ3) is 3.96. The molecule has 0 radical (unpaired) electrons. The maximum Gasteiger partial charge on any atom is 0.335 e. The van der Waals surface area contributed by atoms with Gasteiger partial charge >= 0.3 is 5.97 Å². The summed E-state index contributed by atoms with van der Waals surface area (Å²) < 4.78 is 14.1. The minimum atomic E-state index is -1.21. The van der Waals surface area contributed by atoms with Crippen molar-refractivity contribution in [2.45, 2.75) is 0 Å². The molecule has 0 aliphatic carbocycles. The minimum Gasteiger partial charge on any atom is -0.478 e. The van der Waals surface area contributed by atoms with Gasteiger partial charge in [0.1, 0.15) is 11.6 Å². The number of carbonyl (C=O) groups is 1. The minimum absolute atomic E-state index is 0.149. The lowest BCUT2D eigenvalue weighted by molar-refractivity contribution is 0.0696. The molecule has 140 valence electrons. The van der Waals surface area contributed by atoms with E-state index in [1.54, 1.807) is 25.4 Å². The molecule has 3 aromatic rings. The summed E-state index contributed by atoms with van der Waals surface area (Å²) in [6, 6.07) is 13.1. The Labute approximate surface area is 161 Å². The van der Waals surface area contributed by atoms with Gasteiger partial charge in [-0.3, -0.25) is 4.99 Å². The van der Waals surface area contributed by atoms with Crippen LogP contribution >= 0.6 is 0 Å². The number of nitrogens with one attached hydrogen (secondary N) is 1. The van der Waals surface area contributed by atoms with Crippen LogP contribution in [0.2, 0.25) is 0 Å². The largest absolute Gasteiger partial charge is 0.478 e. The van der Waals surface area contributed by atoms with Crippen LogP contribution in [-0.2, 0) is 0 Å². The lowest BCUT2D eigenvalue weighted by atomic mass is 10.0. The molecule has 0 fully saturated rings. The Hall–Kier alpha value is -3.80. The van der Waals surface area contributed by atoms with Crippen molar-refractivity contribution >= 4 is 17.8 Å². The highest BCUT2D eigenvalue weighted by Gasteiger charge is 2.18. The lowest BCUT2D eigenvalue weighted by Crippen LogP contribution is -1.98. The normalized spacial score (nSPS) is 11.7. The van der Waals surface area contributed by atoms with Crippen LogP contribution in [0.5, 0.6) is 0 Å². The second-order valence-corrected chi connectivity index (χ2v) is 5.94. The molecule has 0 aliphatic rings. The van der Waals surface area contributed by atoms with E-state index < -0.39 is 11.8 Å². The number of aromatic nitrogens is 2. The number of allylic oxidation sites excluding steroid dienone is 3. The van der Waals surface area contributed by atoms with Gasteiger partial charge in [0.05, 0.1) is 17.0 Å². The summed E-state index contributed by atoms with van der Waals surface area (Å²) in [5, 5.41) is 9.26. The molecule has 0 saturated carbocycles. The number of rotatable bonds is 6. The zero-order chi connectivity index (χ0) is 20.1. The topological polar surface area (TPSA) is 78.3 Å². The van der Waals surface area contributed by atoms with Crippen LogP contribution in [0.3, 0.4) is 0 Å². The van der Waals surface area contributed by atoms with E-state index in [2.05, 4.69) is 21.5 Å². The summed E-state index contributed by atoms with van der Waals surface area (Å²) in [6.07, 6.45) is 4.99. The highest BCUT2D eigenvalue weighted by Crippen LogP contribution is 2.31. The third-order valence-corrected chi connectivity index (χ3v) is 4.08. The molecule has 0 spiro atoms. The number of benzene rings is 2. The second kappa shape index (κ2) is 8.26. The fourth-order valence-electron chi connectivity index (χ4n) is 2.78. The quantitative estimate of drug-likeness (QED) is 0.477. The molecule has 0 unspecified atom stereocenters. The number of hydrogen-bond acceptors (Lipinski definition) is 3. The molecule has 28 heavy (non-hydrogen) atoms. The molecular weight excluding hydrogens is 357 g/mol. The first kappa shape index (κ1) is 19.0. The average molecular weight is 375 g/mol. The number of imidazole rings is 1. The monoisotopic (exact) mass is 375 g/mol. The Kier molecular flexibility index (Phi) is 5.60. The smallest absolute Gasteiger partial charge is 0.335 e. The van der Waals surface area contributed by atoms with E-state index in [0.29, 0.717) is 28.3 Å². The fraction of sp³-hybridized carbons (Fsp3) is 0.0455. The van der Waals surface area contributed by atoms with E-state index in [1.165, 1.54) is 12.1 Å². The predicted octanol–water partition coefficient (Wildman–Crippen LogP) is 4.85. The molecule has 1 heterocycles. The Morgan fingerprint density at radius 2 is 1.96 bits per heavy atom. The number of hydrogen-bond donors (Lipinski definition) is 2. The maximum absolute atomic E-state index is 14.1. The van der Waals surface area contributed by atoms with Crippen molar-refractivity contribution in [2.75, 3.05) is 7.05 Å². The highest BCUT2D eigenvalue weighted by molar-refractivity contribution is 5.93. The summed E-state index contributed by atoms with van der Waals surface area (Å²) in [7, 11) is 1.65. The fourth-order valence-corrected chi connectivity index (χ4v) is 2.78. The molecule has 6 heteroatoms. The van der Waals surface area contributed by atoms with E-state index in [-0.39, 0.29) is 5.56 Å². The van der Waals surface area contributed by atoms with E-state index >= 15 is 0 Å². The second-order valence-electron chi connectivity index (χ2n) is 5.94. The van der Waals surface area contributed by atoms with Gasteiger partial charge in [-0.2, -0.15) is 0 Å². The van der Waals surface area contributed by atoms with Gasteiger partial charge < -0.3 is 10.1 Å². The summed E-state index contributed by atoms with van der Waals surface area (Å²) in [6.45, 7) is 3.82. The van der Waals surface area contributed by atoms with Crippen LogP contribution < -0.4 is 0 Å². The van der Waals surface area contributed by atoms with Gasteiger partial charge in [0, 0.05) is 30.0 Å². The van der Waals surface area contributed by atoms with E-state index in [0.717, 1.165) is 11.6 Å². The van der Waals surface area contributed by atoms with Crippen molar-refractivity contribution < 1.29 is 14.3 Å². The maximum atomic E-state index is 14.1. The number of aliphatic imine (C=N–C) groups is 1. The van der Waals surface area contributed by atoms with Crippen molar-refractivity contribution in [1.82, 2.24) is 9.97 Å². The van der Waals surface area contributed by atoms with Crippen LogP contribution in [0, 0.1) is 5.82 Å².